The molecule has 0 spiro atoms. The summed E-state index contributed by atoms with van der Waals surface area (Å²) in [7, 11) is 0. The van der Waals surface area contributed by atoms with Crippen LogP contribution in [0.2, 0.25) is 0 Å². The van der Waals surface area contributed by atoms with Crippen molar-refractivity contribution in [1.29, 1.82) is 0 Å². The van der Waals surface area contributed by atoms with E-state index in [2.05, 4.69) is 18.0 Å². The molecule has 0 heterocycles. The van der Waals surface area contributed by atoms with Gasteiger partial charge in [0.25, 0.3) is 0 Å². The number of amides is 1. The minimum Gasteiger partial charge on any atom is -0.351 e. The zero-order valence-corrected chi connectivity index (χ0v) is 6.32. The van der Waals surface area contributed by atoms with Gasteiger partial charge in [0.15, 0.2) is 0 Å². The molecule has 0 aliphatic rings. The Morgan fingerprint density at radius 1 is 1.45 bits per heavy atom. The van der Waals surface area contributed by atoms with E-state index in [1.807, 2.05) is 0 Å². The molecule has 0 radical (unpaired) electrons. The van der Waals surface area contributed by atoms with Gasteiger partial charge in [0.2, 0.25) is 0 Å². The lowest BCUT2D eigenvalue weighted by Gasteiger charge is -2.15. The number of hydrogen-bond donors (Lipinski definition) is 1. The summed E-state index contributed by atoms with van der Waals surface area (Å²) in [6, 6.07) is 0. The van der Waals surface area contributed by atoms with E-state index < -0.39 is 6.09 Å². The standard InChI is InChI=1S/C7H12N2O2/c1-3-5-9(6-4-2)11-7(8)10/h3-4H,1-2,5-6H2,(H2,8,10). The van der Waals surface area contributed by atoms with Gasteiger partial charge in [-0.2, -0.15) is 0 Å². The maximum atomic E-state index is 10.2. The number of hydroxylamine groups is 2. The Morgan fingerprint density at radius 3 is 2.18 bits per heavy atom. The zero-order valence-electron chi connectivity index (χ0n) is 6.32. The summed E-state index contributed by atoms with van der Waals surface area (Å²) in [4.78, 5) is 14.8. The van der Waals surface area contributed by atoms with Crippen LogP contribution in [0, 0.1) is 0 Å². The molecule has 0 aromatic carbocycles. The van der Waals surface area contributed by atoms with E-state index in [-0.39, 0.29) is 0 Å². The molecule has 0 aromatic rings. The molecule has 0 rings (SSSR count). The van der Waals surface area contributed by atoms with Crippen LogP contribution in [0.1, 0.15) is 0 Å². The summed E-state index contributed by atoms with van der Waals surface area (Å²) >= 11 is 0. The van der Waals surface area contributed by atoms with Gasteiger partial charge in [0.05, 0.1) is 13.1 Å². The average Bonchev–Trinajstić information content (AvgIpc) is 1.87. The van der Waals surface area contributed by atoms with Crippen LogP contribution in [0.3, 0.4) is 0 Å². The molecule has 0 unspecified atom stereocenters. The number of rotatable bonds is 5. The lowest BCUT2D eigenvalue weighted by Crippen LogP contribution is -2.30. The quantitative estimate of drug-likeness (QED) is 0.470. The topological polar surface area (TPSA) is 55.6 Å². The zero-order chi connectivity index (χ0) is 8.69. The number of primary amides is 1. The van der Waals surface area contributed by atoms with Crippen molar-refractivity contribution in [3.8, 4) is 0 Å². The smallest absolute Gasteiger partial charge is 0.351 e. The van der Waals surface area contributed by atoms with E-state index in [1.54, 1.807) is 12.2 Å². The second-order valence-electron chi connectivity index (χ2n) is 1.83. The van der Waals surface area contributed by atoms with E-state index in [9.17, 15) is 4.79 Å². The van der Waals surface area contributed by atoms with Gasteiger partial charge in [-0.1, -0.05) is 12.2 Å². The van der Waals surface area contributed by atoms with Gasteiger partial charge in [-0.15, -0.1) is 18.2 Å². The van der Waals surface area contributed by atoms with Crippen LogP contribution in [0.25, 0.3) is 0 Å². The first-order valence-corrected chi connectivity index (χ1v) is 3.14. The molecule has 0 bridgehead atoms. The minimum absolute atomic E-state index is 0.439. The van der Waals surface area contributed by atoms with Crippen molar-refractivity contribution in [3.05, 3.63) is 25.3 Å². The van der Waals surface area contributed by atoms with Crippen LogP contribution in [0.4, 0.5) is 4.79 Å². The Hall–Kier alpha value is -1.29. The van der Waals surface area contributed by atoms with Crippen LogP contribution < -0.4 is 5.73 Å². The minimum atomic E-state index is -0.825. The summed E-state index contributed by atoms with van der Waals surface area (Å²) in [5.74, 6) is 0. The molecule has 0 saturated carbocycles. The molecule has 11 heavy (non-hydrogen) atoms. The fourth-order valence-corrected chi connectivity index (χ4v) is 0.564. The molecule has 62 valence electrons. The molecule has 0 atom stereocenters. The number of carbonyl (C=O) groups excluding carboxylic acids is 1. The maximum absolute atomic E-state index is 10.2. The van der Waals surface area contributed by atoms with E-state index in [0.717, 1.165) is 0 Å². The fourth-order valence-electron chi connectivity index (χ4n) is 0.564. The van der Waals surface area contributed by atoms with Crippen LogP contribution >= 0.6 is 0 Å². The van der Waals surface area contributed by atoms with Crippen molar-refractivity contribution < 1.29 is 9.63 Å². The van der Waals surface area contributed by atoms with Crippen molar-refractivity contribution in [2.45, 2.75) is 0 Å². The third-order valence-electron chi connectivity index (χ3n) is 0.885. The normalized spacial score (nSPS) is 9.18. The van der Waals surface area contributed by atoms with E-state index >= 15 is 0 Å². The monoisotopic (exact) mass is 156 g/mol. The van der Waals surface area contributed by atoms with Crippen molar-refractivity contribution >= 4 is 6.09 Å². The molecule has 4 nitrogen and oxygen atoms in total. The van der Waals surface area contributed by atoms with Crippen LogP contribution in [-0.4, -0.2) is 24.2 Å². The Morgan fingerprint density at radius 2 is 1.91 bits per heavy atom. The predicted octanol–water partition coefficient (Wildman–Crippen LogP) is 0.671. The highest BCUT2D eigenvalue weighted by Crippen LogP contribution is 1.90. The van der Waals surface area contributed by atoms with Crippen LogP contribution in [-0.2, 0) is 4.84 Å². The van der Waals surface area contributed by atoms with E-state index in [1.165, 1.54) is 5.06 Å². The molecule has 2 N–H and O–H groups in total. The summed E-state index contributed by atoms with van der Waals surface area (Å²) in [6.45, 7) is 7.84. The van der Waals surface area contributed by atoms with Gasteiger partial charge in [0, 0.05) is 0 Å². The van der Waals surface area contributed by atoms with Gasteiger partial charge in [-0.05, 0) is 0 Å². The van der Waals surface area contributed by atoms with E-state index in [4.69, 9.17) is 5.73 Å². The molecule has 1 amide bonds. The average molecular weight is 156 g/mol. The van der Waals surface area contributed by atoms with Crippen molar-refractivity contribution in [3.63, 3.8) is 0 Å². The number of nitrogens with two attached hydrogens (primary N) is 1. The summed E-state index contributed by atoms with van der Waals surface area (Å²) in [5, 5.41) is 1.35. The Balaban J connectivity index is 3.76. The third kappa shape index (κ3) is 5.17. The Bertz CT molecular complexity index is 147. The van der Waals surface area contributed by atoms with Crippen molar-refractivity contribution in [2.24, 2.45) is 5.73 Å². The second-order valence-corrected chi connectivity index (χ2v) is 1.83. The van der Waals surface area contributed by atoms with Gasteiger partial charge in [-0.3, -0.25) is 0 Å². The first kappa shape index (κ1) is 9.71. The third-order valence-corrected chi connectivity index (χ3v) is 0.885. The van der Waals surface area contributed by atoms with Gasteiger partial charge >= 0.3 is 6.09 Å². The second kappa shape index (κ2) is 5.49. The summed E-state index contributed by atoms with van der Waals surface area (Å²) < 4.78 is 0. The van der Waals surface area contributed by atoms with Crippen molar-refractivity contribution in [1.82, 2.24) is 5.06 Å². The summed E-state index contributed by atoms with van der Waals surface area (Å²) in [6.07, 6.45) is 2.38. The highest BCUT2D eigenvalue weighted by Gasteiger charge is 2.03. The lowest BCUT2D eigenvalue weighted by atomic mass is 10.5. The van der Waals surface area contributed by atoms with Gasteiger partial charge in [-0.25, -0.2) is 4.79 Å². The number of carbonyl (C=O) groups is 1. The maximum Gasteiger partial charge on any atom is 0.423 e. The number of nitrogens with zero attached hydrogens (tertiary/aromatic N) is 1. The Labute approximate surface area is 65.9 Å². The van der Waals surface area contributed by atoms with Crippen LogP contribution in [0.5, 0.6) is 0 Å². The molecule has 0 fully saturated rings. The molecule has 0 aliphatic carbocycles. The SMILES string of the molecule is C=CCN(CC=C)OC(N)=O. The first-order chi connectivity index (χ1) is 5.20. The highest BCUT2D eigenvalue weighted by atomic mass is 16.7. The summed E-state index contributed by atoms with van der Waals surface area (Å²) in [5.41, 5.74) is 4.78. The largest absolute Gasteiger partial charge is 0.423 e. The predicted molar refractivity (Wildman–Crippen MR) is 42.6 cm³/mol. The molecule has 4 heteroatoms. The van der Waals surface area contributed by atoms with Crippen LogP contribution in [0.15, 0.2) is 25.3 Å². The van der Waals surface area contributed by atoms with E-state index in [0.29, 0.717) is 13.1 Å². The molecule has 0 aromatic heterocycles. The molecule has 0 aliphatic heterocycles. The molecular weight excluding hydrogens is 144 g/mol. The highest BCUT2D eigenvalue weighted by molar-refractivity contribution is 5.64. The lowest BCUT2D eigenvalue weighted by molar-refractivity contribution is -0.0772. The van der Waals surface area contributed by atoms with Gasteiger partial charge in [0.1, 0.15) is 0 Å². The van der Waals surface area contributed by atoms with Crippen molar-refractivity contribution in [2.75, 3.05) is 13.1 Å². The number of hydrogen-bond acceptors (Lipinski definition) is 3. The van der Waals surface area contributed by atoms with Gasteiger partial charge < -0.3 is 10.6 Å². The fraction of sp³-hybridized carbons (Fsp3) is 0.286. The molecule has 0 saturated heterocycles. The first-order valence-electron chi connectivity index (χ1n) is 3.14. The molecular formula is C7H12N2O2. The Kier molecular flexibility index (Phi) is 4.85.